The van der Waals surface area contributed by atoms with Crippen LogP contribution in [0.15, 0.2) is 23.1 Å². The molecule has 1 aromatic rings. The van der Waals surface area contributed by atoms with Gasteiger partial charge in [-0.3, -0.25) is 0 Å². The molecule has 0 bridgehead atoms. The fourth-order valence-electron chi connectivity index (χ4n) is 1.10. The molecule has 0 spiro atoms. The number of thioether (sulfide) groups is 1. The Bertz CT molecular complexity index is 319. The van der Waals surface area contributed by atoms with Crippen molar-refractivity contribution in [1.29, 1.82) is 0 Å². The predicted molar refractivity (Wildman–Crippen MR) is 47.7 cm³/mol. The first-order valence-corrected chi connectivity index (χ1v) is 4.79. The van der Waals surface area contributed by atoms with Crippen LogP contribution in [0.1, 0.15) is 12.5 Å². The van der Waals surface area contributed by atoms with Crippen LogP contribution in [0.5, 0.6) is 0 Å². The van der Waals surface area contributed by atoms with E-state index in [-0.39, 0.29) is 28.6 Å². The van der Waals surface area contributed by atoms with Gasteiger partial charge in [0.1, 0.15) is 5.82 Å². The van der Waals surface area contributed by atoms with Crippen molar-refractivity contribution in [2.24, 2.45) is 0 Å². The van der Waals surface area contributed by atoms with Gasteiger partial charge in [-0.15, -0.1) is 0 Å². The second-order valence-electron chi connectivity index (χ2n) is 2.62. The summed E-state index contributed by atoms with van der Waals surface area (Å²) in [5.74, 6) is -0.582. The van der Waals surface area contributed by atoms with E-state index in [4.69, 9.17) is 0 Å². The summed E-state index contributed by atoms with van der Waals surface area (Å²) in [7, 11) is 0. The maximum atomic E-state index is 13.0. The third kappa shape index (κ3) is 2.90. The lowest BCUT2D eigenvalue weighted by atomic mass is 10.1. The van der Waals surface area contributed by atoms with Crippen LogP contribution in [0, 0.1) is 5.82 Å². The SMILES string of the molecule is CCc1c(F)cccc1SC(F)(F)F. The molecule has 78 valence electrons. The third-order valence-electron chi connectivity index (χ3n) is 1.66. The molecule has 1 rings (SSSR count). The van der Waals surface area contributed by atoms with Crippen LogP contribution in [0.2, 0.25) is 0 Å². The highest BCUT2D eigenvalue weighted by Crippen LogP contribution is 2.39. The molecule has 1 aromatic carbocycles. The Kier molecular flexibility index (Phi) is 3.42. The van der Waals surface area contributed by atoms with Crippen LogP contribution in [0.25, 0.3) is 0 Å². The van der Waals surface area contributed by atoms with E-state index < -0.39 is 11.3 Å². The molecular formula is C9H8F4S. The molecule has 0 aromatic heterocycles. The molecule has 0 radical (unpaired) electrons. The van der Waals surface area contributed by atoms with Crippen molar-refractivity contribution in [2.45, 2.75) is 23.7 Å². The summed E-state index contributed by atoms with van der Waals surface area (Å²) in [4.78, 5) is -0.0556. The zero-order valence-corrected chi connectivity index (χ0v) is 8.18. The van der Waals surface area contributed by atoms with Crippen LogP contribution in [-0.4, -0.2) is 5.51 Å². The molecule has 0 fully saturated rings. The van der Waals surface area contributed by atoms with E-state index in [1.54, 1.807) is 6.92 Å². The first-order valence-electron chi connectivity index (χ1n) is 3.97. The maximum absolute atomic E-state index is 13.0. The number of rotatable bonds is 2. The van der Waals surface area contributed by atoms with Gasteiger partial charge in [-0.1, -0.05) is 13.0 Å². The Morgan fingerprint density at radius 2 is 1.93 bits per heavy atom. The summed E-state index contributed by atoms with van der Waals surface area (Å²) in [6.07, 6.45) is 0.255. The van der Waals surface area contributed by atoms with Crippen molar-refractivity contribution in [3.8, 4) is 0 Å². The van der Waals surface area contributed by atoms with Crippen molar-refractivity contribution >= 4 is 11.8 Å². The van der Waals surface area contributed by atoms with E-state index in [0.717, 1.165) is 0 Å². The Hall–Kier alpha value is -0.710. The van der Waals surface area contributed by atoms with Crippen molar-refractivity contribution < 1.29 is 17.6 Å². The lowest BCUT2D eigenvalue weighted by molar-refractivity contribution is -0.0328. The van der Waals surface area contributed by atoms with E-state index in [1.807, 2.05) is 0 Å². The third-order valence-corrected chi connectivity index (χ3v) is 2.49. The second-order valence-corrected chi connectivity index (χ2v) is 3.72. The fraction of sp³-hybridized carbons (Fsp3) is 0.333. The van der Waals surface area contributed by atoms with Gasteiger partial charge in [0, 0.05) is 10.5 Å². The topological polar surface area (TPSA) is 0 Å². The molecule has 0 aliphatic carbocycles. The zero-order chi connectivity index (χ0) is 10.8. The van der Waals surface area contributed by atoms with Gasteiger partial charge >= 0.3 is 5.51 Å². The van der Waals surface area contributed by atoms with Gasteiger partial charge in [0.15, 0.2) is 0 Å². The molecule has 0 saturated carbocycles. The van der Waals surface area contributed by atoms with Crippen molar-refractivity contribution in [2.75, 3.05) is 0 Å². The van der Waals surface area contributed by atoms with Crippen LogP contribution in [-0.2, 0) is 6.42 Å². The Balaban J connectivity index is 3.02. The number of halogens is 4. The van der Waals surface area contributed by atoms with Gasteiger partial charge in [-0.05, 0) is 30.3 Å². The standard InChI is InChI=1S/C9H8F4S/c1-2-6-7(10)4-3-5-8(6)14-9(11,12)13/h3-5H,2H2,1H3. The molecule has 14 heavy (non-hydrogen) atoms. The molecule has 0 nitrogen and oxygen atoms in total. The van der Waals surface area contributed by atoms with Crippen molar-refractivity contribution in [1.82, 2.24) is 0 Å². The molecule has 0 N–H and O–H groups in total. The highest BCUT2D eigenvalue weighted by atomic mass is 32.2. The van der Waals surface area contributed by atoms with Crippen LogP contribution >= 0.6 is 11.8 Å². The van der Waals surface area contributed by atoms with Crippen LogP contribution < -0.4 is 0 Å². The lowest BCUT2D eigenvalue weighted by Gasteiger charge is -2.10. The number of benzene rings is 1. The van der Waals surface area contributed by atoms with Gasteiger partial charge in [0.05, 0.1) is 0 Å². The first-order chi connectivity index (χ1) is 6.44. The molecule has 0 atom stereocenters. The molecule has 5 heteroatoms. The molecule has 0 amide bonds. The quantitative estimate of drug-likeness (QED) is 0.540. The minimum atomic E-state index is -4.36. The summed E-state index contributed by atoms with van der Waals surface area (Å²) in [5, 5.41) is 0. The van der Waals surface area contributed by atoms with Gasteiger partial charge < -0.3 is 0 Å². The average molecular weight is 224 g/mol. The Morgan fingerprint density at radius 3 is 2.43 bits per heavy atom. The van der Waals surface area contributed by atoms with Gasteiger partial charge in [-0.25, -0.2) is 4.39 Å². The lowest BCUT2D eigenvalue weighted by Crippen LogP contribution is -2.01. The molecular weight excluding hydrogens is 216 g/mol. The van der Waals surface area contributed by atoms with E-state index in [2.05, 4.69) is 0 Å². The minimum absolute atomic E-state index is 0.0556. The number of hydrogen-bond acceptors (Lipinski definition) is 1. The molecule has 0 unspecified atom stereocenters. The van der Waals surface area contributed by atoms with E-state index >= 15 is 0 Å². The normalized spacial score (nSPS) is 11.8. The molecule has 0 saturated heterocycles. The molecule has 0 aliphatic heterocycles. The highest BCUT2D eigenvalue weighted by molar-refractivity contribution is 8.00. The molecule has 0 aliphatic rings. The number of alkyl halides is 3. The average Bonchev–Trinajstić information content (AvgIpc) is 2.01. The number of hydrogen-bond donors (Lipinski definition) is 0. The second kappa shape index (κ2) is 4.21. The highest BCUT2D eigenvalue weighted by Gasteiger charge is 2.30. The smallest absolute Gasteiger partial charge is 0.207 e. The van der Waals surface area contributed by atoms with E-state index in [9.17, 15) is 17.6 Å². The van der Waals surface area contributed by atoms with Gasteiger partial charge in [0.2, 0.25) is 0 Å². The van der Waals surface area contributed by atoms with Gasteiger partial charge in [0.25, 0.3) is 0 Å². The van der Waals surface area contributed by atoms with Gasteiger partial charge in [-0.2, -0.15) is 13.2 Å². The van der Waals surface area contributed by atoms with E-state index in [1.165, 1.54) is 18.2 Å². The predicted octanol–water partition coefficient (Wildman–Crippen LogP) is 4.00. The van der Waals surface area contributed by atoms with Crippen LogP contribution in [0.3, 0.4) is 0 Å². The monoisotopic (exact) mass is 224 g/mol. The summed E-state index contributed by atoms with van der Waals surface area (Å²) >= 11 is -0.274. The minimum Gasteiger partial charge on any atom is -0.207 e. The molecule has 0 heterocycles. The largest absolute Gasteiger partial charge is 0.446 e. The Labute approximate surface area is 83.3 Å². The van der Waals surface area contributed by atoms with Crippen LogP contribution in [0.4, 0.5) is 17.6 Å². The van der Waals surface area contributed by atoms with Crippen molar-refractivity contribution in [3.05, 3.63) is 29.6 Å². The summed E-state index contributed by atoms with van der Waals surface area (Å²) in [5.41, 5.74) is -4.24. The van der Waals surface area contributed by atoms with E-state index in [0.29, 0.717) is 0 Å². The fourth-order valence-corrected chi connectivity index (χ4v) is 1.86. The Morgan fingerprint density at radius 1 is 1.29 bits per heavy atom. The summed E-state index contributed by atoms with van der Waals surface area (Å²) in [6.45, 7) is 1.62. The van der Waals surface area contributed by atoms with Crippen molar-refractivity contribution in [3.63, 3.8) is 0 Å². The summed E-state index contributed by atoms with van der Waals surface area (Å²) < 4.78 is 49.1. The first kappa shape index (κ1) is 11.4. The zero-order valence-electron chi connectivity index (χ0n) is 7.36. The maximum Gasteiger partial charge on any atom is 0.446 e. The summed E-state index contributed by atoms with van der Waals surface area (Å²) in [6, 6.07) is 3.72.